The number of hydrogen-bond acceptors (Lipinski definition) is 3. The van der Waals surface area contributed by atoms with Crippen LogP contribution in [0, 0.1) is 11.8 Å². The molecule has 1 saturated carbocycles. The number of rotatable bonds is 2. The number of nitrogens with two attached hydrogens (primary N) is 1. The molecule has 5 nitrogen and oxygen atoms in total. The number of likely N-dealkylation sites (tertiary alicyclic amines) is 1. The molecule has 2 amide bonds. The second-order valence-electron chi connectivity index (χ2n) is 6.13. The Bertz CT molecular complexity index is 561. The Hall–Kier alpha value is -1.59. The average molecular weight is 324 g/mol. The number of halogens is 1. The van der Waals surface area contributed by atoms with E-state index in [1.165, 1.54) is 6.92 Å². The number of carbonyl (C=O) groups excluding carboxylic acids is 2. The van der Waals surface area contributed by atoms with E-state index in [0.717, 1.165) is 25.9 Å². The molecule has 120 valence electrons. The lowest BCUT2D eigenvalue weighted by Crippen LogP contribution is -2.33. The molecule has 6 heteroatoms. The Labute approximate surface area is 136 Å². The second kappa shape index (κ2) is 6.67. The van der Waals surface area contributed by atoms with Gasteiger partial charge in [-0.1, -0.05) is 0 Å². The molecule has 2 fully saturated rings. The molecule has 1 aromatic rings. The maximum absolute atomic E-state index is 12.5. The lowest BCUT2D eigenvalue weighted by atomic mass is 9.98. The molecule has 0 bridgehead atoms. The van der Waals surface area contributed by atoms with Gasteiger partial charge in [-0.15, -0.1) is 12.4 Å². The summed E-state index contributed by atoms with van der Waals surface area (Å²) in [6, 6.07) is 7.30. The molecule has 1 heterocycles. The van der Waals surface area contributed by atoms with Crippen LogP contribution in [-0.2, 0) is 4.79 Å². The van der Waals surface area contributed by atoms with Gasteiger partial charge in [0.05, 0.1) is 0 Å². The van der Waals surface area contributed by atoms with Gasteiger partial charge >= 0.3 is 0 Å². The molecule has 1 aromatic carbocycles. The lowest BCUT2D eigenvalue weighted by molar-refractivity contribution is -0.114. The van der Waals surface area contributed by atoms with Crippen LogP contribution in [-0.4, -0.2) is 35.8 Å². The quantitative estimate of drug-likeness (QED) is 0.872. The normalized spacial score (nSPS) is 26.3. The molecular formula is C16H22ClN3O2. The molecule has 1 aliphatic carbocycles. The molecule has 3 atom stereocenters. The number of anilines is 1. The summed E-state index contributed by atoms with van der Waals surface area (Å²) in [5.41, 5.74) is 7.48. The first kappa shape index (κ1) is 16.8. The van der Waals surface area contributed by atoms with Gasteiger partial charge in [0.2, 0.25) is 5.91 Å². The van der Waals surface area contributed by atoms with E-state index in [1.54, 1.807) is 24.3 Å². The van der Waals surface area contributed by atoms with Crippen LogP contribution in [0.1, 0.15) is 30.1 Å². The number of carbonyl (C=O) groups is 2. The highest BCUT2D eigenvalue weighted by molar-refractivity contribution is 5.95. The summed E-state index contributed by atoms with van der Waals surface area (Å²) in [6.07, 6.45) is 2.22. The SMILES string of the molecule is CC(=O)Nc1ccc(C(=O)N2CC3CCC(N)C3C2)cc1.Cl. The summed E-state index contributed by atoms with van der Waals surface area (Å²) in [4.78, 5) is 25.4. The fourth-order valence-corrected chi connectivity index (χ4v) is 3.56. The first-order chi connectivity index (χ1) is 10.0. The van der Waals surface area contributed by atoms with Crippen LogP contribution in [0.3, 0.4) is 0 Å². The minimum absolute atomic E-state index is 0. The van der Waals surface area contributed by atoms with E-state index in [9.17, 15) is 9.59 Å². The van der Waals surface area contributed by atoms with Crippen molar-refractivity contribution in [1.82, 2.24) is 4.90 Å². The highest BCUT2D eigenvalue weighted by Crippen LogP contribution is 2.37. The molecule has 22 heavy (non-hydrogen) atoms. The molecule has 2 aliphatic rings. The van der Waals surface area contributed by atoms with E-state index >= 15 is 0 Å². The third-order valence-corrected chi connectivity index (χ3v) is 4.65. The summed E-state index contributed by atoms with van der Waals surface area (Å²) < 4.78 is 0. The number of nitrogens with one attached hydrogen (secondary N) is 1. The summed E-state index contributed by atoms with van der Waals surface area (Å²) in [5, 5.41) is 2.70. The van der Waals surface area contributed by atoms with Gasteiger partial charge in [-0.25, -0.2) is 0 Å². The van der Waals surface area contributed by atoms with Crippen molar-refractivity contribution in [1.29, 1.82) is 0 Å². The van der Waals surface area contributed by atoms with E-state index in [-0.39, 0.29) is 30.3 Å². The third-order valence-electron chi connectivity index (χ3n) is 4.65. The minimum atomic E-state index is -0.115. The van der Waals surface area contributed by atoms with Crippen LogP contribution in [0.15, 0.2) is 24.3 Å². The van der Waals surface area contributed by atoms with Crippen molar-refractivity contribution >= 4 is 29.9 Å². The summed E-state index contributed by atoms with van der Waals surface area (Å²) in [5.74, 6) is 0.983. The highest BCUT2D eigenvalue weighted by atomic mass is 35.5. The fourth-order valence-electron chi connectivity index (χ4n) is 3.56. The molecule has 0 aromatic heterocycles. The number of benzene rings is 1. The Kier molecular flexibility index (Phi) is 5.08. The van der Waals surface area contributed by atoms with Gasteiger partial charge in [0.25, 0.3) is 5.91 Å². The van der Waals surface area contributed by atoms with Gasteiger partial charge in [-0.3, -0.25) is 9.59 Å². The fraction of sp³-hybridized carbons (Fsp3) is 0.500. The van der Waals surface area contributed by atoms with Gasteiger partial charge in [0, 0.05) is 37.3 Å². The van der Waals surface area contributed by atoms with Crippen molar-refractivity contribution in [3.05, 3.63) is 29.8 Å². The van der Waals surface area contributed by atoms with Crippen molar-refractivity contribution in [3.63, 3.8) is 0 Å². The molecule has 3 N–H and O–H groups in total. The Morgan fingerprint density at radius 3 is 2.45 bits per heavy atom. The molecule has 0 spiro atoms. The minimum Gasteiger partial charge on any atom is -0.338 e. The number of amides is 2. The zero-order valence-corrected chi connectivity index (χ0v) is 13.4. The molecule has 1 saturated heterocycles. The van der Waals surface area contributed by atoms with Crippen LogP contribution < -0.4 is 11.1 Å². The maximum Gasteiger partial charge on any atom is 0.253 e. The van der Waals surface area contributed by atoms with Crippen LogP contribution in [0.4, 0.5) is 5.69 Å². The van der Waals surface area contributed by atoms with E-state index in [1.807, 2.05) is 4.90 Å². The van der Waals surface area contributed by atoms with Crippen molar-refractivity contribution in [2.45, 2.75) is 25.8 Å². The predicted molar refractivity (Wildman–Crippen MR) is 88.1 cm³/mol. The zero-order valence-electron chi connectivity index (χ0n) is 12.6. The van der Waals surface area contributed by atoms with Crippen LogP contribution in [0.2, 0.25) is 0 Å². The molecule has 0 radical (unpaired) electrons. The third kappa shape index (κ3) is 3.25. The van der Waals surface area contributed by atoms with E-state index in [2.05, 4.69) is 5.32 Å². The van der Waals surface area contributed by atoms with Gasteiger partial charge in [-0.2, -0.15) is 0 Å². The molecular weight excluding hydrogens is 302 g/mol. The Morgan fingerprint density at radius 1 is 1.18 bits per heavy atom. The summed E-state index contributed by atoms with van der Waals surface area (Å²) >= 11 is 0. The standard InChI is InChI=1S/C16H21N3O2.ClH/c1-10(20)18-13-5-2-11(3-6-13)16(21)19-8-12-4-7-15(17)14(12)9-19;/h2-3,5-6,12,14-15H,4,7-9,17H2,1H3,(H,18,20);1H. The van der Waals surface area contributed by atoms with Crippen LogP contribution in [0.5, 0.6) is 0 Å². The van der Waals surface area contributed by atoms with E-state index in [0.29, 0.717) is 23.1 Å². The van der Waals surface area contributed by atoms with Crippen molar-refractivity contribution in [3.8, 4) is 0 Å². The first-order valence-electron chi connectivity index (χ1n) is 7.47. The van der Waals surface area contributed by atoms with Gasteiger partial charge in [-0.05, 0) is 48.9 Å². The monoisotopic (exact) mass is 323 g/mol. The first-order valence-corrected chi connectivity index (χ1v) is 7.47. The highest BCUT2D eigenvalue weighted by Gasteiger charge is 2.42. The number of fused-ring (bicyclic) bond motifs is 1. The molecule has 3 unspecified atom stereocenters. The number of nitrogens with zero attached hydrogens (tertiary/aromatic N) is 1. The van der Waals surface area contributed by atoms with Gasteiger partial charge in [0.1, 0.15) is 0 Å². The smallest absolute Gasteiger partial charge is 0.253 e. The van der Waals surface area contributed by atoms with Gasteiger partial charge < -0.3 is 16.0 Å². The van der Waals surface area contributed by atoms with Gasteiger partial charge in [0.15, 0.2) is 0 Å². The van der Waals surface area contributed by atoms with Crippen molar-refractivity contribution < 1.29 is 9.59 Å². The van der Waals surface area contributed by atoms with Crippen LogP contribution >= 0.6 is 12.4 Å². The van der Waals surface area contributed by atoms with Crippen molar-refractivity contribution in [2.75, 3.05) is 18.4 Å². The largest absolute Gasteiger partial charge is 0.338 e. The summed E-state index contributed by atoms with van der Waals surface area (Å²) in [6.45, 7) is 3.06. The second-order valence-corrected chi connectivity index (χ2v) is 6.13. The Balaban J connectivity index is 0.00000176. The van der Waals surface area contributed by atoms with E-state index < -0.39 is 0 Å². The number of hydrogen-bond donors (Lipinski definition) is 2. The molecule has 3 rings (SSSR count). The van der Waals surface area contributed by atoms with Crippen LogP contribution in [0.25, 0.3) is 0 Å². The predicted octanol–water partition coefficient (Wildman–Crippen LogP) is 1.88. The molecule has 1 aliphatic heterocycles. The van der Waals surface area contributed by atoms with Crippen molar-refractivity contribution in [2.24, 2.45) is 17.6 Å². The Morgan fingerprint density at radius 2 is 1.86 bits per heavy atom. The summed E-state index contributed by atoms with van der Waals surface area (Å²) in [7, 11) is 0. The maximum atomic E-state index is 12.5. The van der Waals surface area contributed by atoms with E-state index in [4.69, 9.17) is 5.73 Å². The topological polar surface area (TPSA) is 75.4 Å². The lowest BCUT2D eigenvalue weighted by Gasteiger charge is -2.19. The average Bonchev–Trinajstić information content (AvgIpc) is 3.01. The zero-order chi connectivity index (χ0) is 15.0.